The van der Waals surface area contributed by atoms with Crippen molar-refractivity contribution in [2.24, 2.45) is 16.7 Å². The number of benzene rings is 1. The smallest absolute Gasteiger partial charge is 0.313 e. The predicted molar refractivity (Wildman–Crippen MR) is 99.5 cm³/mol. The Bertz CT molecular complexity index is 699. The molecule has 2 heterocycles. The molecule has 1 aliphatic carbocycles. The highest BCUT2D eigenvalue weighted by Gasteiger charge is 2.67. The molecule has 1 aromatic carbocycles. The fourth-order valence-corrected chi connectivity index (χ4v) is 5.87. The van der Waals surface area contributed by atoms with E-state index in [1.165, 1.54) is 13.2 Å². The first-order chi connectivity index (χ1) is 12.4. The van der Waals surface area contributed by atoms with Gasteiger partial charge in [-0.15, -0.1) is 0 Å². The van der Waals surface area contributed by atoms with E-state index >= 15 is 0 Å². The van der Waals surface area contributed by atoms with Gasteiger partial charge in [-0.25, -0.2) is 4.39 Å². The van der Waals surface area contributed by atoms with Crippen LogP contribution in [0.15, 0.2) is 24.3 Å². The number of nitrogens with zero attached hydrogens (tertiary/aromatic N) is 2. The summed E-state index contributed by atoms with van der Waals surface area (Å²) in [5.41, 5.74) is 0.608. The molecule has 2 atom stereocenters. The number of fused-ring (bicyclic) bond motifs is 1. The van der Waals surface area contributed by atoms with Crippen LogP contribution in [0.3, 0.4) is 0 Å². The molecule has 3 fully saturated rings. The van der Waals surface area contributed by atoms with Gasteiger partial charge in [0.05, 0.1) is 18.2 Å². The van der Waals surface area contributed by atoms with Gasteiger partial charge in [0.2, 0.25) is 0 Å². The van der Waals surface area contributed by atoms with Crippen LogP contribution in [0.25, 0.3) is 0 Å². The summed E-state index contributed by atoms with van der Waals surface area (Å²) in [4.78, 5) is 17.1. The molecule has 3 aliphatic rings. The number of hydrogen-bond donors (Lipinski definition) is 0. The van der Waals surface area contributed by atoms with E-state index in [9.17, 15) is 9.18 Å². The van der Waals surface area contributed by atoms with Crippen molar-refractivity contribution >= 4 is 11.7 Å². The van der Waals surface area contributed by atoms with Crippen molar-refractivity contribution < 1.29 is 13.9 Å². The van der Waals surface area contributed by atoms with Gasteiger partial charge >= 0.3 is 5.97 Å². The van der Waals surface area contributed by atoms with Crippen molar-refractivity contribution in [3.63, 3.8) is 0 Å². The zero-order valence-corrected chi connectivity index (χ0v) is 16.0. The topological polar surface area (TPSA) is 32.8 Å². The quantitative estimate of drug-likeness (QED) is 0.774. The first-order valence-corrected chi connectivity index (χ1v) is 9.69. The highest BCUT2D eigenvalue weighted by Crippen LogP contribution is 2.63. The number of piperidine rings is 1. The average molecular weight is 360 g/mol. The molecule has 0 radical (unpaired) electrons. The molecule has 4 rings (SSSR count). The molecule has 4 nitrogen and oxygen atoms in total. The van der Waals surface area contributed by atoms with Gasteiger partial charge in [-0.3, -0.25) is 9.69 Å². The molecule has 142 valence electrons. The van der Waals surface area contributed by atoms with Crippen molar-refractivity contribution in [1.29, 1.82) is 0 Å². The van der Waals surface area contributed by atoms with Gasteiger partial charge in [0.15, 0.2) is 0 Å². The second kappa shape index (κ2) is 6.22. The van der Waals surface area contributed by atoms with E-state index < -0.39 is 0 Å². The Morgan fingerprint density at radius 3 is 2.54 bits per heavy atom. The number of methoxy groups -OCH3 is 1. The zero-order valence-electron chi connectivity index (χ0n) is 16.0. The number of ether oxygens (including phenoxy) is 1. The number of para-hydroxylation sites is 1. The van der Waals surface area contributed by atoms with E-state index in [0.29, 0.717) is 17.6 Å². The molecule has 2 aliphatic heterocycles. The summed E-state index contributed by atoms with van der Waals surface area (Å²) in [6.45, 7) is 8.06. The van der Waals surface area contributed by atoms with Crippen LogP contribution in [0.5, 0.6) is 0 Å². The summed E-state index contributed by atoms with van der Waals surface area (Å²) in [7, 11) is 1.51. The summed E-state index contributed by atoms with van der Waals surface area (Å²) >= 11 is 0. The molecule has 0 aromatic heterocycles. The van der Waals surface area contributed by atoms with Gasteiger partial charge in [-0.1, -0.05) is 26.0 Å². The maximum Gasteiger partial charge on any atom is 0.313 e. The lowest BCUT2D eigenvalue weighted by atomic mass is 9.48. The molecule has 5 heteroatoms. The van der Waals surface area contributed by atoms with Crippen LogP contribution in [0.1, 0.15) is 33.1 Å². The third-order valence-electron chi connectivity index (χ3n) is 7.05. The number of likely N-dealkylation sites (tertiary alicyclic amines) is 1. The van der Waals surface area contributed by atoms with Crippen LogP contribution < -0.4 is 4.90 Å². The molecule has 0 spiro atoms. The fourth-order valence-electron chi connectivity index (χ4n) is 5.87. The fraction of sp³-hybridized carbons (Fsp3) is 0.667. The number of anilines is 1. The molecular weight excluding hydrogens is 331 g/mol. The van der Waals surface area contributed by atoms with E-state index in [2.05, 4.69) is 23.6 Å². The van der Waals surface area contributed by atoms with Gasteiger partial charge in [-0.05, 0) is 42.7 Å². The number of halogens is 1. The monoisotopic (exact) mass is 360 g/mol. The highest BCUT2D eigenvalue weighted by molar-refractivity contribution is 5.80. The number of hydrogen-bond acceptors (Lipinski definition) is 4. The normalized spacial score (nSPS) is 31.4. The molecule has 0 bridgehead atoms. The molecule has 2 saturated heterocycles. The summed E-state index contributed by atoms with van der Waals surface area (Å²) in [6.07, 6.45) is 2.94. The van der Waals surface area contributed by atoms with Gasteiger partial charge in [-0.2, -0.15) is 0 Å². The van der Waals surface area contributed by atoms with Crippen molar-refractivity contribution in [2.45, 2.75) is 39.2 Å². The van der Waals surface area contributed by atoms with E-state index in [1.54, 1.807) is 6.07 Å². The maximum absolute atomic E-state index is 14.0. The SMILES string of the molecule is COC(=O)[C@@]12CN(C3CCN(c4ccccc4F)CC3)C[C@@H]1C(C)(C)C2. The van der Waals surface area contributed by atoms with Crippen LogP contribution in [0.2, 0.25) is 0 Å². The van der Waals surface area contributed by atoms with Crippen molar-refractivity contribution in [2.75, 3.05) is 38.2 Å². The molecule has 26 heavy (non-hydrogen) atoms. The van der Waals surface area contributed by atoms with E-state index in [0.717, 1.165) is 45.4 Å². The summed E-state index contributed by atoms with van der Waals surface area (Å²) < 4.78 is 19.2. The summed E-state index contributed by atoms with van der Waals surface area (Å²) in [5.74, 6) is 0.205. The lowest BCUT2D eigenvalue weighted by molar-refractivity contribution is -0.174. The Hall–Kier alpha value is -1.62. The Morgan fingerprint density at radius 1 is 1.23 bits per heavy atom. The van der Waals surface area contributed by atoms with Gasteiger partial charge in [0.1, 0.15) is 5.82 Å². The van der Waals surface area contributed by atoms with Crippen LogP contribution >= 0.6 is 0 Å². The largest absolute Gasteiger partial charge is 0.469 e. The standard InChI is InChI=1S/C21H29FN2O2/c1-20(2)13-21(19(25)26-3)14-24(12-18(20)21)15-8-10-23(11-9-15)17-7-5-4-6-16(17)22/h4-7,15,18H,8-14H2,1-3H3/t18-,21+/m1/s1. The number of rotatable bonds is 3. The van der Waals surface area contributed by atoms with Gasteiger partial charge in [0, 0.05) is 32.2 Å². The molecule has 0 unspecified atom stereocenters. The van der Waals surface area contributed by atoms with Crippen LogP contribution in [-0.4, -0.2) is 50.2 Å². The zero-order chi connectivity index (χ0) is 18.5. The highest BCUT2D eigenvalue weighted by atomic mass is 19.1. The summed E-state index contributed by atoms with van der Waals surface area (Å²) in [6, 6.07) is 7.49. The van der Waals surface area contributed by atoms with Gasteiger partial charge < -0.3 is 9.64 Å². The molecule has 0 N–H and O–H groups in total. The second-order valence-corrected chi connectivity index (χ2v) is 8.96. The minimum atomic E-state index is -0.305. The third-order valence-corrected chi connectivity index (χ3v) is 7.05. The van der Waals surface area contributed by atoms with Crippen molar-refractivity contribution in [3.05, 3.63) is 30.1 Å². The van der Waals surface area contributed by atoms with Crippen molar-refractivity contribution in [3.8, 4) is 0 Å². The predicted octanol–water partition coefficient (Wildman–Crippen LogP) is 3.32. The lowest BCUT2D eigenvalue weighted by Crippen LogP contribution is -2.57. The Kier molecular flexibility index (Phi) is 4.25. The van der Waals surface area contributed by atoms with Crippen LogP contribution in [0.4, 0.5) is 10.1 Å². The van der Waals surface area contributed by atoms with E-state index in [4.69, 9.17) is 4.74 Å². The lowest BCUT2D eigenvalue weighted by Gasteiger charge is -2.54. The minimum Gasteiger partial charge on any atom is -0.469 e. The second-order valence-electron chi connectivity index (χ2n) is 8.96. The number of carbonyl (C=O) groups is 1. The first kappa shape index (κ1) is 17.8. The van der Waals surface area contributed by atoms with Crippen LogP contribution in [0, 0.1) is 22.6 Å². The molecule has 1 aromatic rings. The molecule has 0 amide bonds. The van der Waals surface area contributed by atoms with E-state index in [1.807, 2.05) is 12.1 Å². The first-order valence-electron chi connectivity index (χ1n) is 9.69. The third kappa shape index (κ3) is 2.63. The Morgan fingerprint density at radius 2 is 1.92 bits per heavy atom. The average Bonchev–Trinajstić information content (AvgIpc) is 2.97. The minimum absolute atomic E-state index is 0.0342. The number of carbonyl (C=O) groups excluding carboxylic acids is 1. The molecular formula is C21H29FN2O2. The Labute approximate surface area is 155 Å². The van der Waals surface area contributed by atoms with E-state index in [-0.39, 0.29) is 22.6 Å². The number of esters is 1. The van der Waals surface area contributed by atoms with Gasteiger partial charge in [0.25, 0.3) is 0 Å². The summed E-state index contributed by atoms with van der Waals surface area (Å²) in [5, 5.41) is 0. The molecule has 1 saturated carbocycles. The van der Waals surface area contributed by atoms with Crippen LogP contribution in [-0.2, 0) is 9.53 Å². The maximum atomic E-state index is 14.0. The van der Waals surface area contributed by atoms with Crippen molar-refractivity contribution in [1.82, 2.24) is 4.90 Å². The Balaban J connectivity index is 1.43.